The molecule has 0 bridgehead atoms. The van der Waals surface area contributed by atoms with Crippen LogP contribution < -0.4 is 5.32 Å². The second kappa shape index (κ2) is 8.02. The van der Waals surface area contributed by atoms with Gasteiger partial charge in [-0.15, -0.1) is 11.3 Å². The lowest BCUT2D eigenvalue weighted by atomic mass is 9.81. The van der Waals surface area contributed by atoms with Crippen LogP contribution >= 0.6 is 11.3 Å². The number of anilines is 1. The molecule has 2 unspecified atom stereocenters. The molecule has 1 N–H and O–H groups in total. The number of hydrogen-bond acceptors (Lipinski definition) is 5. The van der Waals surface area contributed by atoms with Crippen LogP contribution in [0, 0.1) is 24.6 Å². The summed E-state index contributed by atoms with van der Waals surface area (Å²) in [4.78, 5) is 43.9. The number of hydrogen-bond donors (Lipinski definition) is 1. The third kappa shape index (κ3) is 3.94. The van der Waals surface area contributed by atoms with Crippen molar-refractivity contribution in [2.24, 2.45) is 11.8 Å². The summed E-state index contributed by atoms with van der Waals surface area (Å²) in [6, 6.07) is 6.03. The lowest BCUT2D eigenvalue weighted by Crippen LogP contribution is -2.34. The molecule has 1 saturated carbocycles. The zero-order valence-corrected chi connectivity index (χ0v) is 16.9. The van der Waals surface area contributed by atoms with Crippen LogP contribution in [0.4, 0.5) is 9.52 Å². The van der Waals surface area contributed by atoms with Gasteiger partial charge >= 0.3 is 0 Å². The largest absolute Gasteiger partial charge is 0.302 e. The molecule has 1 aliphatic heterocycles. The molecule has 152 valence electrons. The fraction of sp³-hybridized carbons (Fsp3) is 0.429. The smallest absolute Gasteiger partial charge is 0.233 e. The van der Waals surface area contributed by atoms with Crippen molar-refractivity contribution >= 4 is 34.2 Å². The number of nitrogens with zero attached hydrogens (tertiary/aromatic N) is 2. The van der Waals surface area contributed by atoms with Gasteiger partial charge in [-0.05, 0) is 44.0 Å². The number of rotatable bonds is 5. The molecule has 2 heterocycles. The molecule has 4 rings (SSSR count). The van der Waals surface area contributed by atoms with Gasteiger partial charge in [-0.1, -0.05) is 12.8 Å². The second-order valence-electron chi connectivity index (χ2n) is 7.55. The molecule has 1 saturated heterocycles. The molecule has 2 aliphatic rings. The molecular formula is C21H22FN3O3S. The van der Waals surface area contributed by atoms with Crippen LogP contribution in [-0.4, -0.2) is 34.2 Å². The van der Waals surface area contributed by atoms with Crippen LogP contribution in [0.3, 0.4) is 0 Å². The van der Waals surface area contributed by atoms with E-state index in [-0.39, 0.29) is 48.3 Å². The van der Waals surface area contributed by atoms with E-state index in [2.05, 4.69) is 10.3 Å². The van der Waals surface area contributed by atoms with E-state index in [0.717, 1.165) is 36.1 Å². The average molecular weight is 415 g/mol. The minimum absolute atomic E-state index is 0.0431. The first-order valence-corrected chi connectivity index (χ1v) is 10.6. The van der Waals surface area contributed by atoms with Crippen molar-refractivity contribution in [3.05, 3.63) is 35.0 Å². The first kappa shape index (κ1) is 19.7. The zero-order valence-electron chi connectivity index (χ0n) is 16.1. The van der Waals surface area contributed by atoms with E-state index in [1.54, 1.807) is 12.1 Å². The normalized spacial score (nSPS) is 21.4. The van der Waals surface area contributed by atoms with Gasteiger partial charge in [-0.25, -0.2) is 9.37 Å². The topological polar surface area (TPSA) is 79.4 Å². The van der Waals surface area contributed by atoms with Gasteiger partial charge in [0.05, 0.1) is 17.5 Å². The number of benzene rings is 1. The van der Waals surface area contributed by atoms with E-state index in [1.807, 2.05) is 6.92 Å². The van der Waals surface area contributed by atoms with Crippen molar-refractivity contribution in [1.29, 1.82) is 0 Å². The van der Waals surface area contributed by atoms with E-state index >= 15 is 0 Å². The molecule has 1 aromatic heterocycles. The number of carbonyl (C=O) groups excluding carboxylic acids is 3. The van der Waals surface area contributed by atoms with Gasteiger partial charge in [0, 0.05) is 23.4 Å². The number of aromatic nitrogens is 1. The SMILES string of the molecule is Cc1sc(NC(=O)CCN2C(=O)C3CCCCC3C2=O)nc1-c1ccc(F)cc1. The third-order valence-electron chi connectivity index (χ3n) is 5.66. The highest BCUT2D eigenvalue weighted by Gasteiger charge is 2.47. The lowest BCUT2D eigenvalue weighted by Gasteiger charge is -2.19. The second-order valence-corrected chi connectivity index (χ2v) is 8.76. The maximum atomic E-state index is 13.1. The average Bonchev–Trinajstić information content (AvgIpc) is 3.19. The predicted octanol–water partition coefficient (Wildman–Crippen LogP) is 3.76. The molecule has 29 heavy (non-hydrogen) atoms. The summed E-state index contributed by atoms with van der Waals surface area (Å²) in [7, 11) is 0. The number of imide groups is 1. The number of amides is 3. The van der Waals surface area contributed by atoms with Gasteiger partial charge < -0.3 is 5.32 Å². The minimum Gasteiger partial charge on any atom is -0.302 e. The van der Waals surface area contributed by atoms with Gasteiger partial charge in [0.15, 0.2) is 5.13 Å². The van der Waals surface area contributed by atoms with Gasteiger partial charge in [-0.2, -0.15) is 0 Å². The quantitative estimate of drug-likeness (QED) is 0.754. The fourth-order valence-electron chi connectivity index (χ4n) is 4.17. The number of fused-ring (bicyclic) bond motifs is 1. The van der Waals surface area contributed by atoms with E-state index in [0.29, 0.717) is 10.8 Å². The maximum absolute atomic E-state index is 13.1. The summed E-state index contributed by atoms with van der Waals surface area (Å²) in [6.07, 6.45) is 3.54. The Labute approximate surface area is 172 Å². The van der Waals surface area contributed by atoms with Crippen LogP contribution in [0.5, 0.6) is 0 Å². The van der Waals surface area contributed by atoms with Crippen molar-refractivity contribution in [1.82, 2.24) is 9.88 Å². The molecule has 0 spiro atoms. The van der Waals surface area contributed by atoms with Crippen LogP contribution in [0.2, 0.25) is 0 Å². The molecule has 2 atom stereocenters. The Hall–Kier alpha value is -2.61. The standard InChI is InChI=1S/C21H22FN3O3S/c1-12-18(13-6-8-14(22)9-7-13)24-21(29-12)23-17(26)10-11-25-19(27)15-4-2-3-5-16(15)20(25)28/h6-9,15-16H,2-5,10-11H2,1H3,(H,23,24,26). The van der Waals surface area contributed by atoms with E-state index in [1.165, 1.54) is 28.4 Å². The molecule has 3 amide bonds. The molecule has 8 heteroatoms. The highest BCUT2D eigenvalue weighted by atomic mass is 32.1. The van der Waals surface area contributed by atoms with Gasteiger partial charge in [0.25, 0.3) is 0 Å². The molecule has 0 radical (unpaired) electrons. The first-order valence-electron chi connectivity index (χ1n) is 9.82. The van der Waals surface area contributed by atoms with E-state index < -0.39 is 0 Å². The Morgan fingerprint density at radius 2 is 1.79 bits per heavy atom. The number of carbonyl (C=O) groups is 3. The number of thiazole rings is 1. The predicted molar refractivity (Wildman–Crippen MR) is 108 cm³/mol. The van der Waals surface area contributed by atoms with Crippen LogP contribution in [-0.2, 0) is 14.4 Å². The Bertz CT molecular complexity index is 933. The van der Waals surface area contributed by atoms with Crippen molar-refractivity contribution in [2.75, 3.05) is 11.9 Å². The zero-order chi connectivity index (χ0) is 20.5. The van der Waals surface area contributed by atoms with Crippen molar-refractivity contribution < 1.29 is 18.8 Å². The molecule has 6 nitrogen and oxygen atoms in total. The van der Waals surface area contributed by atoms with E-state index in [4.69, 9.17) is 0 Å². The van der Waals surface area contributed by atoms with Gasteiger partial charge in [0.1, 0.15) is 5.82 Å². The maximum Gasteiger partial charge on any atom is 0.233 e. The monoisotopic (exact) mass is 415 g/mol. The molecule has 2 aromatic rings. The summed E-state index contributed by atoms with van der Waals surface area (Å²) < 4.78 is 13.1. The Morgan fingerprint density at radius 3 is 2.41 bits per heavy atom. The van der Waals surface area contributed by atoms with Crippen LogP contribution in [0.1, 0.15) is 37.0 Å². The van der Waals surface area contributed by atoms with Crippen LogP contribution in [0.25, 0.3) is 11.3 Å². The van der Waals surface area contributed by atoms with Crippen molar-refractivity contribution in [2.45, 2.75) is 39.0 Å². The molecular weight excluding hydrogens is 393 g/mol. The summed E-state index contributed by atoms with van der Waals surface area (Å²) in [5.41, 5.74) is 1.47. The fourth-order valence-corrected chi connectivity index (χ4v) is 5.02. The van der Waals surface area contributed by atoms with E-state index in [9.17, 15) is 18.8 Å². The van der Waals surface area contributed by atoms with Crippen molar-refractivity contribution in [3.63, 3.8) is 0 Å². The molecule has 1 aliphatic carbocycles. The number of aryl methyl sites for hydroxylation is 1. The van der Waals surface area contributed by atoms with Crippen molar-refractivity contribution in [3.8, 4) is 11.3 Å². The van der Waals surface area contributed by atoms with Gasteiger partial charge in [0.2, 0.25) is 17.7 Å². The van der Waals surface area contributed by atoms with Gasteiger partial charge in [-0.3, -0.25) is 19.3 Å². The Morgan fingerprint density at radius 1 is 1.17 bits per heavy atom. The summed E-state index contributed by atoms with van der Waals surface area (Å²) in [5.74, 6) is -1.26. The number of likely N-dealkylation sites (tertiary alicyclic amines) is 1. The summed E-state index contributed by atoms with van der Waals surface area (Å²) in [6.45, 7) is 1.99. The lowest BCUT2D eigenvalue weighted by molar-refractivity contribution is -0.140. The van der Waals surface area contributed by atoms with Crippen LogP contribution in [0.15, 0.2) is 24.3 Å². The summed E-state index contributed by atoms with van der Waals surface area (Å²) in [5, 5.41) is 3.19. The molecule has 1 aromatic carbocycles. The highest BCUT2D eigenvalue weighted by Crippen LogP contribution is 2.38. The Kier molecular flexibility index (Phi) is 5.45. The number of halogens is 1. The highest BCUT2D eigenvalue weighted by molar-refractivity contribution is 7.16. The molecule has 2 fully saturated rings. The third-order valence-corrected chi connectivity index (χ3v) is 6.54. The summed E-state index contributed by atoms with van der Waals surface area (Å²) >= 11 is 1.33. The number of nitrogens with one attached hydrogen (secondary N) is 1. The Balaban J connectivity index is 1.37. The first-order chi connectivity index (χ1) is 13.9. The minimum atomic E-state index is -0.319.